The smallest absolute Gasteiger partial charge is 0.251 e. The Labute approximate surface area is 141 Å². The highest BCUT2D eigenvalue weighted by Gasteiger charge is 2.12. The Morgan fingerprint density at radius 2 is 2.04 bits per heavy atom. The minimum Gasteiger partial charge on any atom is -0.396 e. The summed E-state index contributed by atoms with van der Waals surface area (Å²) in [6, 6.07) is 9.44. The van der Waals surface area contributed by atoms with Crippen molar-refractivity contribution >= 4 is 17.7 Å². The first kappa shape index (κ1) is 17.6. The number of nitrogens with zero attached hydrogens (tertiary/aromatic N) is 2. The largest absolute Gasteiger partial charge is 0.396 e. The molecule has 0 saturated heterocycles. The summed E-state index contributed by atoms with van der Waals surface area (Å²) >= 11 is 1.57. The van der Waals surface area contributed by atoms with Crippen molar-refractivity contribution in [3.63, 3.8) is 0 Å². The van der Waals surface area contributed by atoms with Crippen LogP contribution in [0.25, 0.3) is 0 Å². The van der Waals surface area contributed by atoms with E-state index >= 15 is 0 Å². The van der Waals surface area contributed by atoms with Gasteiger partial charge in [0.2, 0.25) is 0 Å². The minimum atomic E-state index is -0.0854. The van der Waals surface area contributed by atoms with Crippen molar-refractivity contribution in [2.24, 2.45) is 0 Å². The van der Waals surface area contributed by atoms with Gasteiger partial charge < -0.3 is 10.4 Å². The van der Waals surface area contributed by atoms with Gasteiger partial charge in [-0.2, -0.15) is 5.10 Å². The number of benzene rings is 1. The molecule has 0 aliphatic rings. The Morgan fingerprint density at radius 1 is 1.35 bits per heavy atom. The summed E-state index contributed by atoms with van der Waals surface area (Å²) in [6.45, 7) is 6.74. The molecule has 0 radical (unpaired) electrons. The SMILES string of the molecule is Cc1cc(C)n(C[C@@H](C)NC(=O)c2ccc(SCCO)cc2)n1. The summed E-state index contributed by atoms with van der Waals surface area (Å²) in [5.41, 5.74) is 2.71. The maximum absolute atomic E-state index is 12.3. The molecule has 23 heavy (non-hydrogen) atoms. The van der Waals surface area contributed by atoms with Crippen molar-refractivity contribution in [1.29, 1.82) is 0 Å². The molecule has 2 N–H and O–H groups in total. The van der Waals surface area contributed by atoms with E-state index in [-0.39, 0.29) is 18.6 Å². The zero-order valence-electron chi connectivity index (χ0n) is 13.7. The van der Waals surface area contributed by atoms with Crippen molar-refractivity contribution in [3.05, 3.63) is 47.3 Å². The van der Waals surface area contributed by atoms with Crippen LogP contribution in [0.1, 0.15) is 28.7 Å². The van der Waals surface area contributed by atoms with E-state index in [1.54, 1.807) is 11.8 Å². The van der Waals surface area contributed by atoms with Crippen molar-refractivity contribution in [2.45, 2.75) is 38.3 Å². The monoisotopic (exact) mass is 333 g/mol. The van der Waals surface area contributed by atoms with Crippen LogP contribution in [0.5, 0.6) is 0 Å². The van der Waals surface area contributed by atoms with Crippen molar-refractivity contribution in [3.8, 4) is 0 Å². The number of amides is 1. The highest BCUT2D eigenvalue weighted by atomic mass is 32.2. The average molecular weight is 333 g/mol. The fraction of sp³-hybridized carbons (Fsp3) is 0.412. The van der Waals surface area contributed by atoms with Crippen LogP contribution in [0.4, 0.5) is 0 Å². The van der Waals surface area contributed by atoms with E-state index in [1.165, 1.54) is 0 Å². The van der Waals surface area contributed by atoms with Gasteiger partial charge in [0.15, 0.2) is 0 Å². The van der Waals surface area contributed by atoms with E-state index in [4.69, 9.17) is 5.11 Å². The summed E-state index contributed by atoms with van der Waals surface area (Å²) in [5, 5.41) is 16.2. The number of rotatable bonds is 7. The van der Waals surface area contributed by atoms with E-state index in [2.05, 4.69) is 10.4 Å². The highest BCUT2D eigenvalue weighted by molar-refractivity contribution is 7.99. The van der Waals surface area contributed by atoms with Gasteiger partial charge in [0, 0.05) is 27.9 Å². The molecule has 2 aromatic rings. The van der Waals surface area contributed by atoms with Gasteiger partial charge >= 0.3 is 0 Å². The van der Waals surface area contributed by atoms with Crippen LogP contribution in [0, 0.1) is 13.8 Å². The van der Waals surface area contributed by atoms with Crippen molar-refractivity contribution < 1.29 is 9.90 Å². The Bertz CT molecular complexity index is 652. The van der Waals surface area contributed by atoms with Gasteiger partial charge in [0.05, 0.1) is 18.8 Å². The maximum atomic E-state index is 12.3. The molecule has 0 aliphatic carbocycles. The summed E-state index contributed by atoms with van der Waals surface area (Å²) in [4.78, 5) is 13.3. The number of aromatic nitrogens is 2. The van der Waals surface area contributed by atoms with Crippen LogP contribution in [-0.2, 0) is 6.54 Å². The van der Waals surface area contributed by atoms with Crippen LogP contribution in [-0.4, -0.2) is 39.2 Å². The summed E-state index contributed by atoms with van der Waals surface area (Å²) in [7, 11) is 0. The topological polar surface area (TPSA) is 67.2 Å². The van der Waals surface area contributed by atoms with E-state index in [1.807, 2.05) is 55.8 Å². The zero-order chi connectivity index (χ0) is 16.8. The van der Waals surface area contributed by atoms with Gasteiger partial charge in [-0.25, -0.2) is 0 Å². The predicted octanol–water partition coefficient (Wildman–Crippen LogP) is 2.40. The third-order valence-corrected chi connectivity index (χ3v) is 4.40. The number of carbonyl (C=O) groups is 1. The zero-order valence-corrected chi connectivity index (χ0v) is 14.6. The molecule has 0 aliphatic heterocycles. The fourth-order valence-corrected chi connectivity index (χ4v) is 2.99. The summed E-state index contributed by atoms with van der Waals surface area (Å²) < 4.78 is 1.91. The first-order valence-corrected chi connectivity index (χ1v) is 8.64. The van der Waals surface area contributed by atoms with Crippen LogP contribution in [0.2, 0.25) is 0 Å². The van der Waals surface area contributed by atoms with Gasteiger partial charge in [-0.15, -0.1) is 11.8 Å². The lowest BCUT2D eigenvalue weighted by Gasteiger charge is -2.15. The number of hydrogen-bond acceptors (Lipinski definition) is 4. The first-order valence-electron chi connectivity index (χ1n) is 7.65. The number of aryl methyl sites for hydroxylation is 2. The Hall–Kier alpha value is -1.79. The minimum absolute atomic E-state index is 0.0102. The van der Waals surface area contributed by atoms with Gasteiger partial charge in [-0.1, -0.05) is 0 Å². The average Bonchev–Trinajstić information content (AvgIpc) is 2.83. The molecule has 0 saturated carbocycles. The van der Waals surface area contributed by atoms with Crippen molar-refractivity contribution in [2.75, 3.05) is 12.4 Å². The quantitative estimate of drug-likeness (QED) is 0.764. The lowest BCUT2D eigenvalue weighted by atomic mass is 10.2. The third-order valence-electron chi connectivity index (χ3n) is 3.40. The van der Waals surface area contributed by atoms with E-state index in [0.29, 0.717) is 17.9 Å². The Kier molecular flexibility index (Phi) is 6.24. The first-order chi connectivity index (χ1) is 11.0. The molecule has 1 atom stereocenters. The molecule has 0 fully saturated rings. The molecule has 1 aromatic heterocycles. The Balaban J connectivity index is 1.91. The summed E-state index contributed by atoms with van der Waals surface area (Å²) in [6.07, 6.45) is 0. The van der Waals surface area contributed by atoms with Crippen LogP contribution in [0.15, 0.2) is 35.2 Å². The number of thioether (sulfide) groups is 1. The molecular weight excluding hydrogens is 310 g/mol. The van der Waals surface area contributed by atoms with Crippen LogP contribution < -0.4 is 5.32 Å². The highest BCUT2D eigenvalue weighted by Crippen LogP contribution is 2.17. The number of nitrogens with one attached hydrogen (secondary N) is 1. The molecule has 5 nitrogen and oxygen atoms in total. The molecule has 0 bridgehead atoms. The second-order valence-corrected chi connectivity index (χ2v) is 6.75. The van der Waals surface area contributed by atoms with Gasteiger partial charge in [0.1, 0.15) is 0 Å². The second kappa shape index (κ2) is 8.17. The molecule has 1 amide bonds. The molecule has 6 heteroatoms. The second-order valence-electron chi connectivity index (χ2n) is 5.58. The number of aliphatic hydroxyl groups excluding tert-OH is 1. The van der Waals surface area contributed by atoms with Crippen molar-refractivity contribution in [1.82, 2.24) is 15.1 Å². The van der Waals surface area contributed by atoms with Crippen LogP contribution >= 0.6 is 11.8 Å². The van der Waals surface area contributed by atoms with Crippen LogP contribution in [0.3, 0.4) is 0 Å². The predicted molar refractivity (Wildman–Crippen MR) is 92.9 cm³/mol. The molecular formula is C17H23N3O2S. The third kappa shape index (κ3) is 5.11. The van der Waals surface area contributed by atoms with Gasteiger partial charge in [-0.05, 0) is 51.1 Å². The standard InChI is InChI=1S/C17H23N3O2S/c1-12-10-14(3)20(19-12)11-13(2)18-17(22)15-4-6-16(7-5-15)23-9-8-21/h4-7,10,13,21H,8-9,11H2,1-3H3,(H,18,22)/t13-/m1/s1. The molecule has 1 aromatic carbocycles. The number of aliphatic hydroxyl groups is 1. The molecule has 2 rings (SSSR count). The molecule has 1 heterocycles. The summed E-state index contributed by atoms with van der Waals surface area (Å²) in [5.74, 6) is 0.573. The number of carbonyl (C=O) groups excluding carboxylic acids is 1. The fourth-order valence-electron chi connectivity index (χ4n) is 2.34. The van der Waals surface area contributed by atoms with E-state index in [9.17, 15) is 4.79 Å². The normalized spacial score (nSPS) is 12.2. The van der Waals surface area contributed by atoms with Gasteiger partial charge in [-0.3, -0.25) is 9.48 Å². The maximum Gasteiger partial charge on any atom is 0.251 e. The van der Waals surface area contributed by atoms with E-state index in [0.717, 1.165) is 16.3 Å². The number of hydrogen-bond donors (Lipinski definition) is 2. The lowest BCUT2D eigenvalue weighted by Crippen LogP contribution is -2.36. The molecule has 0 spiro atoms. The van der Waals surface area contributed by atoms with Gasteiger partial charge in [0.25, 0.3) is 5.91 Å². The van der Waals surface area contributed by atoms with E-state index < -0.39 is 0 Å². The Morgan fingerprint density at radius 3 is 2.61 bits per heavy atom. The molecule has 0 unspecified atom stereocenters. The lowest BCUT2D eigenvalue weighted by molar-refractivity contribution is 0.0935. The molecule has 124 valence electrons.